The van der Waals surface area contributed by atoms with Crippen molar-refractivity contribution in [3.8, 4) is 0 Å². The lowest BCUT2D eigenvalue weighted by Crippen LogP contribution is -2.66. The number of likely N-dealkylation sites (N-methyl/N-ethyl adjacent to an activating group) is 1. The van der Waals surface area contributed by atoms with Crippen molar-refractivity contribution in [1.82, 2.24) is 10.2 Å². The van der Waals surface area contributed by atoms with E-state index in [0.29, 0.717) is 35.2 Å². The first-order chi connectivity index (χ1) is 22.6. The van der Waals surface area contributed by atoms with Gasteiger partial charge >= 0.3 is 5.97 Å². The van der Waals surface area contributed by atoms with E-state index in [1.54, 1.807) is 12.1 Å². The fourth-order valence-electron chi connectivity index (χ4n) is 14.1. The molecule has 4 saturated carbocycles. The minimum Gasteiger partial charge on any atom is -0.478 e. The quantitative estimate of drug-likeness (QED) is 0.300. The molecule has 0 spiro atoms. The smallest absolute Gasteiger partial charge is 0.335 e. The van der Waals surface area contributed by atoms with Gasteiger partial charge in [0.05, 0.1) is 11.6 Å². The van der Waals surface area contributed by atoms with Crippen molar-refractivity contribution in [3.63, 3.8) is 0 Å². The minimum absolute atomic E-state index is 0.0145. The van der Waals surface area contributed by atoms with Gasteiger partial charge in [0, 0.05) is 6.54 Å². The number of hydrogen-bond acceptors (Lipinski definition) is 3. The number of carboxylic acid groups (broad SMARTS) is 1. The van der Waals surface area contributed by atoms with E-state index in [2.05, 4.69) is 71.5 Å². The maximum absolute atomic E-state index is 13.5. The summed E-state index contributed by atoms with van der Waals surface area (Å²) in [5.74, 6) is 2.46. The minimum atomic E-state index is -0.865. The zero-order chi connectivity index (χ0) is 34.4. The van der Waals surface area contributed by atoms with Gasteiger partial charge in [0.25, 0.3) is 0 Å². The van der Waals surface area contributed by atoms with Gasteiger partial charge in [-0.1, -0.05) is 65.0 Å². The molecule has 0 aromatic heterocycles. The highest BCUT2D eigenvalue weighted by atomic mass is 16.4. The number of hydrogen-bond donors (Lipinski definition) is 2. The van der Waals surface area contributed by atoms with Crippen LogP contribution in [0.1, 0.15) is 128 Å². The van der Waals surface area contributed by atoms with Crippen LogP contribution in [0.3, 0.4) is 0 Å². The number of carbonyl (C=O) groups is 2. The lowest BCUT2D eigenvalue weighted by atomic mass is 9.32. The number of benzene rings is 1. The van der Waals surface area contributed by atoms with Crippen LogP contribution in [-0.2, 0) is 4.79 Å². The molecule has 0 bridgehead atoms. The number of nitrogens with one attached hydrogen (secondary N) is 1. The van der Waals surface area contributed by atoms with Crippen molar-refractivity contribution in [1.29, 1.82) is 0 Å². The summed E-state index contributed by atoms with van der Waals surface area (Å²) < 4.78 is 0. The monoisotopic (exact) mass is 654 g/mol. The van der Waals surface area contributed by atoms with Crippen LogP contribution in [0.4, 0.5) is 0 Å². The number of rotatable bonds is 6. The van der Waals surface area contributed by atoms with Gasteiger partial charge < -0.3 is 10.4 Å². The van der Waals surface area contributed by atoms with E-state index in [1.807, 2.05) is 12.1 Å². The second kappa shape index (κ2) is 11.6. The number of nitrogens with zero attached hydrogens (tertiary/aromatic N) is 1. The van der Waals surface area contributed by atoms with Gasteiger partial charge in [-0.25, -0.2) is 4.79 Å². The van der Waals surface area contributed by atoms with E-state index >= 15 is 0 Å². The molecule has 2 N–H and O–H groups in total. The summed E-state index contributed by atoms with van der Waals surface area (Å²) in [6, 6.07) is 7.63. The van der Waals surface area contributed by atoms with Crippen molar-refractivity contribution in [2.75, 3.05) is 20.1 Å². The number of likely N-dealkylation sites (tertiary alicyclic amines) is 1. The van der Waals surface area contributed by atoms with Crippen molar-refractivity contribution >= 4 is 17.4 Å². The third-order valence-electron chi connectivity index (χ3n) is 16.7. The first-order valence-electron chi connectivity index (χ1n) is 19.3. The molecule has 0 radical (unpaired) electrons. The molecule has 1 amide bonds. The molecule has 6 aliphatic rings. The number of amides is 1. The highest BCUT2D eigenvalue weighted by Crippen LogP contribution is 2.77. The van der Waals surface area contributed by atoms with Gasteiger partial charge in [-0.15, -0.1) is 0 Å². The summed E-state index contributed by atoms with van der Waals surface area (Å²) in [6.45, 7) is 21.7. The van der Waals surface area contributed by atoms with Gasteiger partial charge in [0.1, 0.15) is 0 Å². The summed E-state index contributed by atoms with van der Waals surface area (Å²) >= 11 is 0. The average molecular weight is 655 g/mol. The number of aromatic carboxylic acids is 1. The molecule has 10 atom stereocenters. The zero-order valence-corrected chi connectivity index (χ0v) is 31.0. The van der Waals surface area contributed by atoms with Crippen LogP contribution in [0.5, 0.6) is 0 Å². The van der Waals surface area contributed by atoms with Crippen LogP contribution >= 0.6 is 0 Å². The van der Waals surface area contributed by atoms with Crippen molar-refractivity contribution in [3.05, 3.63) is 53.6 Å². The Morgan fingerprint density at radius 3 is 2.29 bits per heavy atom. The highest BCUT2D eigenvalue weighted by Gasteiger charge is 2.70. The molecule has 1 aromatic rings. The second-order valence-electron chi connectivity index (χ2n) is 18.8. The van der Waals surface area contributed by atoms with Crippen molar-refractivity contribution in [2.24, 2.45) is 56.7 Å². The van der Waals surface area contributed by atoms with Crippen LogP contribution in [0.2, 0.25) is 0 Å². The van der Waals surface area contributed by atoms with E-state index < -0.39 is 5.97 Å². The van der Waals surface area contributed by atoms with Crippen LogP contribution in [0, 0.1) is 56.7 Å². The molecule has 1 aromatic carbocycles. The van der Waals surface area contributed by atoms with Crippen LogP contribution < -0.4 is 5.32 Å². The average Bonchev–Trinajstić information content (AvgIpc) is 3.64. The Hall–Kier alpha value is -2.40. The molecule has 5 fully saturated rings. The molecule has 1 unspecified atom stereocenters. The topological polar surface area (TPSA) is 69.6 Å². The van der Waals surface area contributed by atoms with E-state index in [-0.39, 0.29) is 39.0 Å². The summed E-state index contributed by atoms with van der Waals surface area (Å²) in [7, 11) is 2.11. The number of fused-ring (bicyclic) bond motifs is 7. The highest BCUT2D eigenvalue weighted by molar-refractivity contribution is 5.88. The fraction of sp³-hybridized carbons (Fsp3) is 0.721. The van der Waals surface area contributed by atoms with Crippen molar-refractivity contribution in [2.45, 2.75) is 118 Å². The Morgan fingerprint density at radius 2 is 1.65 bits per heavy atom. The van der Waals surface area contributed by atoms with Gasteiger partial charge in [0.2, 0.25) is 5.91 Å². The molecule has 1 heterocycles. The molecule has 7 rings (SSSR count). The number of allylic oxidation sites excluding steroid dienone is 3. The van der Waals surface area contributed by atoms with Gasteiger partial charge in [0.15, 0.2) is 0 Å². The predicted octanol–water partition coefficient (Wildman–Crippen LogP) is 9.25. The lowest BCUT2D eigenvalue weighted by Gasteiger charge is -2.72. The summed E-state index contributed by atoms with van der Waals surface area (Å²) in [5.41, 5.74) is 5.27. The first-order valence-corrected chi connectivity index (χ1v) is 19.3. The van der Waals surface area contributed by atoms with E-state index in [4.69, 9.17) is 0 Å². The predicted molar refractivity (Wildman–Crippen MR) is 194 cm³/mol. The standard InChI is InChI=1S/C43H62N2O3/c1-27(2)30-17-22-43(26-44-37(46)33-10-9-25-45(33)8)24-23-41(6)32(36(30)43)15-16-35-40(5)20-18-31(28-11-13-29(14-12-28)38(47)48)39(3,4)34(40)19-21-42(35,41)7/h11-14,18,30,32-36H,1,9-10,15-17,19-26H2,2-8H3,(H,44,46)(H,47,48)/t30-,32+,33?,34-,35+,36+,40-,41+,42+,43+/m0/s1. The summed E-state index contributed by atoms with van der Waals surface area (Å²) in [6.07, 6.45) is 15.8. The van der Waals surface area contributed by atoms with Crippen LogP contribution in [-0.4, -0.2) is 48.1 Å². The van der Waals surface area contributed by atoms with Gasteiger partial charge in [-0.05, 0) is 171 Å². The van der Waals surface area contributed by atoms with Crippen LogP contribution in [0.15, 0.2) is 42.5 Å². The maximum Gasteiger partial charge on any atom is 0.335 e. The Bertz CT molecular complexity index is 1510. The number of carboxylic acids is 1. The number of carbonyl (C=O) groups excluding carboxylic acids is 1. The molecular weight excluding hydrogens is 592 g/mol. The molecule has 1 saturated heterocycles. The summed E-state index contributed by atoms with van der Waals surface area (Å²) in [4.78, 5) is 27.3. The Kier molecular flexibility index (Phi) is 8.21. The molecule has 5 nitrogen and oxygen atoms in total. The Labute approximate surface area is 290 Å². The fourth-order valence-corrected chi connectivity index (χ4v) is 14.1. The Balaban J connectivity index is 1.18. The summed E-state index contributed by atoms with van der Waals surface area (Å²) in [5, 5.41) is 13.0. The second-order valence-corrected chi connectivity index (χ2v) is 18.8. The SMILES string of the molecule is C=C(C)[C@@H]1CC[C@]2(CNC(=O)C3CCCN3C)CC[C@]3(C)[C@H](CC[C@@H]4[C@@]5(C)CC=C(c6ccc(C(=O)O)cc6)C(C)(C)[C@@H]5CC[C@]43C)[C@@H]12. The van der Waals surface area contributed by atoms with Crippen LogP contribution in [0.25, 0.3) is 5.57 Å². The van der Waals surface area contributed by atoms with E-state index in [9.17, 15) is 14.7 Å². The molecule has 48 heavy (non-hydrogen) atoms. The van der Waals surface area contributed by atoms with Crippen molar-refractivity contribution < 1.29 is 14.7 Å². The maximum atomic E-state index is 13.5. The van der Waals surface area contributed by atoms with Gasteiger partial charge in [-0.2, -0.15) is 0 Å². The third kappa shape index (κ3) is 4.78. The molecular formula is C43H62N2O3. The lowest BCUT2D eigenvalue weighted by molar-refractivity contribution is -0.225. The largest absolute Gasteiger partial charge is 0.478 e. The van der Waals surface area contributed by atoms with E-state index in [1.165, 1.54) is 68.1 Å². The van der Waals surface area contributed by atoms with E-state index in [0.717, 1.165) is 32.4 Å². The Morgan fingerprint density at radius 1 is 0.917 bits per heavy atom. The third-order valence-corrected chi connectivity index (χ3v) is 16.7. The molecule has 5 aliphatic carbocycles. The molecule has 262 valence electrons. The zero-order valence-electron chi connectivity index (χ0n) is 31.0. The molecule has 1 aliphatic heterocycles. The van der Waals surface area contributed by atoms with Gasteiger partial charge in [-0.3, -0.25) is 9.69 Å². The molecule has 5 heteroatoms. The first kappa shape index (κ1) is 34.1. The normalized spacial score (nSPS) is 43.3.